The van der Waals surface area contributed by atoms with Crippen LogP contribution in [0.2, 0.25) is 6.82 Å². The van der Waals surface area contributed by atoms with Crippen LogP contribution in [0.25, 0.3) is 0 Å². The molecular formula is C3H8BNO. The van der Waals surface area contributed by atoms with E-state index in [0.717, 1.165) is 7.41 Å². The normalized spacial score (nSPS) is 7.00. The molecule has 0 atom stereocenters. The van der Waals surface area contributed by atoms with Gasteiger partial charge in [0.05, 0.1) is 0 Å². The molecule has 0 aromatic carbocycles. The number of carbonyl (C=O) groups is 1. The number of hydrogen-bond acceptors (Lipinski definition) is 1. The number of nitrogens with one attached hydrogen (secondary N) is 1. The lowest BCUT2D eigenvalue weighted by Gasteiger charge is -1.87. The lowest BCUT2D eigenvalue weighted by molar-refractivity contribution is -0.117. The summed E-state index contributed by atoms with van der Waals surface area (Å²) in [6.45, 7) is 3.39. The fourth-order valence-corrected chi connectivity index (χ4v) is 0.249. The van der Waals surface area contributed by atoms with E-state index < -0.39 is 0 Å². The van der Waals surface area contributed by atoms with E-state index in [1.807, 2.05) is 6.82 Å². The van der Waals surface area contributed by atoms with E-state index in [-0.39, 0.29) is 5.91 Å². The van der Waals surface area contributed by atoms with Crippen LogP contribution in [0.1, 0.15) is 6.92 Å². The third-order valence-corrected chi connectivity index (χ3v) is 0.426. The van der Waals surface area contributed by atoms with Gasteiger partial charge in [-0.25, -0.2) is 0 Å². The molecule has 0 fully saturated rings. The highest BCUT2D eigenvalue weighted by Gasteiger charge is 1.81. The van der Waals surface area contributed by atoms with Gasteiger partial charge in [0, 0.05) is 6.92 Å². The van der Waals surface area contributed by atoms with Crippen LogP contribution in [-0.2, 0) is 4.79 Å². The van der Waals surface area contributed by atoms with E-state index in [1.165, 1.54) is 6.92 Å². The van der Waals surface area contributed by atoms with E-state index >= 15 is 0 Å². The second kappa shape index (κ2) is 2.76. The van der Waals surface area contributed by atoms with Crippen molar-refractivity contribution in [3.63, 3.8) is 0 Å². The van der Waals surface area contributed by atoms with Crippen LogP contribution >= 0.6 is 0 Å². The molecule has 2 nitrogen and oxygen atoms in total. The molecule has 0 spiro atoms. The van der Waals surface area contributed by atoms with Crippen molar-refractivity contribution in [2.75, 3.05) is 0 Å². The Morgan fingerprint density at radius 2 is 2.33 bits per heavy atom. The van der Waals surface area contributed by atoms with Gasteiger partial charge in [-0.2, -0.15) is 0 Å². The molecule has 0 radical (unpaired) electrons. The molecule has 0 aliphatic rings. The summed E-state index contributed by atoms with van der Waals surface area (Å²) in [5.74, 6) is 0.0394. The van der Waals surface area contributed by atoms with E-state index in [1.54, 1.807) is 0 Å². The van der Waals surface area contributed by atoms with E-state index in [9.17, 15) is 4.79 Å². The van der Waals surface area contributed by atoms with Gasteiger partial charge < -0.3 is 5.23 Å². The van der Waals surface area contributed by atoms with Gasteiger partial charge in [0.25, 0.3) is 0 Å². The Kier molecular flexibility index (Phi) is 2.54. The highest BCUT2D eigenvalue weighted by Crippen LogP contribution is 1.51. The summed E-state index contributed by atoms with van der Waals surface area (Å²) in [5, 5.41) is 2.57. The second-order valence-electron chi connectivity index (χ2n) is 1.09. The molecule has 3 heteroatoms. The van der Waals surface area contributed by atoms with Gasteiger partial charge in [-0.15, -0.1) is 0 Å². The van der Waals surface area contributed by atoms with E-state index in [2.05, 4.69) is 5.23 Å². The van der Waals surface area contributed by atoms with Gasteiger partial charge in [-0.05, 0) is 0 Å². The van der Waals surface area contributed by atoms with Crippen LogP contribution in [0.3, 0.4) is 0 Å². The van der Waals surface area contributed by atoms with E-state index in [0.29, 0.717) is 0 Å². The standard InChI is InChI=1S/C3H8BNO/c1-3(6)5-4-2/h4H,1-2H3,(H,5,6). The number of hydrogen-bond donors (Lipinski definition) is 1. The lowest BCUT2D eigenvalue weighted by Crippen LogP contribution is -2.21. The highest BCUT2D eigenvalue weighted by atomic mass is 16.1. The van der Waals surface area contributed by atoms with Crippen molar-refractivity contribution in [2.45, 2.75) is 13.7 Å². The fourth-order valence-electron chi connectivity index (χ4n) is 0.249. The molecule has 0 aromatic heterocycles. The van der Waals surface area contributed by atoms with Gasteiger partial charge in [0.1, 0.15) is 0 Å². The molecule has 6 heavy (non-hydrogen) atoms. The molecule has 0 aliphatic heterocycles. The first-order valence-electron chi connectivity index (χ1n) is 2.01. The smallest absolute Gasteiger partial charge is 0.232 e. The molecular weight excluding hydrogens is 76.9 g/mol. The first-order chi connectivity index (χ1) is 2.77. The zero-order valence-corrected chi connectivity index (χ0v) is 4.12. The zero-order valence-electron chi connectivity index (χ0n) is 4.12. The summed E-state index contributed by atoms with van der Waals surface area (Å²) >= 11 is 0. The van der Waals surface area contributed by atoms with Gasteiger partial charge in [-0.3, -0.25) is 4.79 Å². The molecule has 0 rings (SSSR count). The molecule has 34 valence electrons. The Bertz CT molecular complexity index is 54.8. The molecule has 1 amide bonds. The third kappa shape index (κ3) is 3.53. The quantitative estimate of drug-likeness (QED) is 0.428. The van der Waals surface area contributed by atoms with Gasteiger partial charge in [-0.1, -0.05) is 6.82 Å². The van der Waals surface area contributed by atoms with Crippen LogP contribution in [0.5, 0.6) is 0 Å². The topological polar surface area (TPSA) is 29.1 Å². The Morgan fingerprint density at radius 3 is 2.33 bits per heavy atom. The second-order valence-corrected chi connectivity index (χ2v) is 1.09. The number of rotatable bonds is 1. The first-order valence-corrected chi connectivity index (χ1v) is 2.01. The molecule has 0 aliphatic carbocycles. The summed E-state index contributed by atoms with van der Waals surface area (Å²) in [6.07, 6.45) is 0. The Balaban J connectivity index is 2.83. The minimum Gasteiger partial charge on any atom is -0.403 e. The number of carbonyl (C=O) groups excluding carboxylic acids is 1. The Morgan fingerprint density at radius 1 is 1.83 bits per heavy atom. The summed E-state index contributed by atoms with van der Waals surface area (Å²) in [4.78, 5) is 9.93. The van der Waals surface area contributed by atoms with Gasteiger partial charge >= 0.3 is 0 Å². The summed E-state index contributed by atoms with van der Waals surface area (Å²) in [5.41, 5.74) is 0. The van der Waals surface area contributed by atoms with Crippen LogP contribution in [0, 0.1) is 0 Å². The van der Waals surface area contributed by atoms with Crippen molar-refractivity contribution in [2.24, 2.45) is 0 Å². The monoisotopic (exact) mass is 85.1 g/mol. The number of amides is 1. The molecule has 0 saturated carbocycles. The first kappa shape index (κ1) is 5.53. The van der Waals surface area contributed by atoms with Crippen molar-refractivity contribution in [3.05, 3.63) is 0 Å². The fraction of sp³-hybridized carbons (Fsp3) is 0.667. The SMILES string of the molecule is CBNC(C)=O. The molecule has 0 saturated heterocycles. The van der Waals surface area contributed by atoms with E-state index in [4.69, 9.17) is 0 Å². The minimum absolute atomic E-state index is 0.0394. The maximum absolute atomic E-state index is 9.93. The summed E-state index contributed by atoms with van der Waals surface area (Å²) in [7, 11) is 0.731. The highest BCUT2D eigenvalue weighted by molar-refractivity contribution is 6.34. The van der Waals surface area contributed by atoms with Crippen molar-refractivity contribution in [3.8, 4) is 0 Å². The Labute approximate surface area is 38.2 Å². The minimum atomic E-state index is 0.0394. The maximum Gasteiger partial charge on any atom is 0.232 e. The largest absolute Gasteiger partial charge is 0.403 e. The van der Waals surface area contributed by atoms with Crippen molar-refractivity contribution >= 4 is 13.3 Å². The van der Waals surface area contributed by atoms with Crippen molar-refractivity contribution in [1.29, 1.82) is 0 Å². The average molecular weight is 84.9 g/mol. The van der Waals surface area contributed by atoms with Crippen LogP contribution in [-0.4, -0.2) is 13.3 Å². The molecule has 0 unspecified atom stereocenters. The molecule has 0 heterocycles. The maximum atomic E-state index is 9.93. The van der Waals surface area contributed by atoms with Gasteiger partial charge in [0.15, 0.2) is 0 Å². The van der Waals surface area contributed by atoms with Crippen LogP contribution in [0.15, 0.2) is 0 Å². The molecule has 1 N–H and O–H groups in total. The Hall–Kier alpha value is -0.465. The lowest BCUT2D eigenvalue weighted by atomic mass is 10.0. The van der Waals surface area contributed by atoms with Crippen LogP contribution < -0.4 is 5.23 Å². The summed E-state index contributed by atoms with van der Waals surface area (Å²) < 4.78 is 0. The average Bonchev–Trinajstić information content (AvgIpc) is 1.35. The predicted molar refractivity (Wildman–Crippen MR) is 26.8 cm³/mol. The van der Waals surface area contributed by atoms with Crippen molar-refractivity contribution < 1.29 is 4.79 Å². The third-order valence-electron chi connectivity index (χ3n) is 0.426. The van der Waals surface area contributed by atoms with Crippen LogP contribution in [0.4, 0.5) is 0 Å². The van der Waals surface area contributed by atoms with Gasteiger partial charge in [0.2, 0.25) is 13.3 Å². The molecule has 0 aromatic rings. The predicted octanol–water partition coefficient (Wildman–Crippen LogP) is -0.478. The zero-order chi connectivity index (χ0) is 4.99. The van der Waals surface area contributed by atoms with Crippen molar-refractivity contribution in [1.82, 2.24) is 5.23 Å². The molecule has 0 bridgehead atoms. The summed E-state index contributed by atoms with van der Waals surface area (Å²) in [6, 6.07) is 0.